The number of hydrogen-bond donors (Lipinski definition) is 2. The molecule has 2 amide bonds. The average molecular weight is 304 g/mol. The number of urea groups is 1. The number of carbonyl (C=O) groups is 1. The largest absolute Gasteiger partial charge is 0.331 e. The van der Waals surface area contributed by atoms with Gasteiger partial charge in [-0.15, -0.1) is 0 Å². The Morgan fingerprint density at radius 3 is 2.86 bits per heavy atom. The van der Waals surface area contributed by atoms with Gasteiger partial charge in [-0.3, -0.25) is 10.1 Å². The second kappa shape index (κ2) is 6.57. The van der Waals surface area contributed by atoms with E-state index in [1.165, 1.54) is 0 Å². The first-order valence-corrected chi connectivity index (χ1v) is 7.90. The van der Waals surface area contributed by atoms with Gasteiger partial charge in [0.15, 0.2) is 5.82 Å². The van der Waals surface area contributed by atoms with Crippen LogP contribution in [0.3, 0.4) is 0 Å². The summed E-state index contributed by atoms with van der Waals surface area (Å²) in [6, 6.07) is 3.64. The Kier molecular flexibility index (Phi) is 4.34. The molecule has 2 aromatic heterocycles. The summed E-state index contributed by atoms with van der Waals surface area (Å²) in [7, 11) is 0. The third-order valence-corrected chi connectivity index (χ3v) is 4.12. The first-order chi connectivity index (χ1) is 10.3. The highest BCUT2D eigenvalue weighted by atomic mass is 32.2. The summed E-state index contributed by atoms with van der Waals surface area (Å²) in [5.74, 6) is 3.25. The number of thioether (sulfide) groups is 1. The Morgan fingerprint density at radius 2 is 2.10 bits per heavy atom. The molecule has 1 saturated heterocycles. The number of amides is 2. The van der Waals surface area contributed by atoms with Crippen LogP contribution in [-0.2, 0) is 6.54 Å². The van der Waals surface area contributed by atoms with Crippen molar-refractivity contribution in [3.63, 3.8) is 0 Å². The molecule has 2 N–H and O–H groups in total. The van der Waals surface area contributed by atoms with Crippen LogP contribution in [0.2, 0.25) is 0 Å². The van der Waals surface area contributed by atoms with Crippen LogP contribution in [-0.4, -0.2) is 55.7 Å². The van der Waals surface area contributed by atoms with Crippen molar-refractivity contribution in [3.05, 3.63) is 30.4 Å². The minimum absolute atomic E-state index is 0.0443. The fourth-order valence-corrected chi connectivity index (χ4v) is 2.95. The SMILES string of the molecule is O=C(NCc1nc(-c2ccncc2)n[nH]1)N1CCSCC1. The van der Waals surface area contributed by atoms with Crippen molar-refractivity contribution in [1.82, 2.24) is 30.4 Å². The van der Waals surface area contributed by atoms with Crippen molar-refractivity contribution in [2.24, 2.45) is 0 Å². The van der Waals surface area contributed by atoms with E-state index >= 15 is 0 Å². The third kappa shape index (κ3) is 3.52. The smallest absolute Gasteiger partial charge is 0.317 e. The number of hydrogen-bond acceptors (Lipinski definition) is 5. The molecule has 0 aliphatic carbocycles. The summed E-state index contributed by atoms with van der Waals surface area (Å²) >= 11 is 1.88. The topological polar surface area (TPSA) is 86.8 Å². The second-order valence-electron chi connectivity index (χ2n) is 4.60. The Morgan fingerprint density at radius 1 is 1.33 bits per heavy atom. The molecule has 0 atom stereocenters. The molecule has 1 aliphatic rings. The number of pyridine rings is 1. The summed E-state index contributed by atoms with van der Waals surface area (Å²) in [6.07, 6.45) is 3.39. The molecule has 0 aromatic carbocycles. The van der Waals surface area contributed by atoms with E-state index < -0.39 is 0 Å². The highest BCUT2D eigenvalue weighted by Gasteiger charge is 2.16. The number of nitrogens with zero attached hydrogens (tertiary/aromatic N) is 4. The highest BCUT2D eigenvalue weighted by Crippen LogP contribution is 2.12. The average Bonchev–Trinajstić information content (AvgIpc) is 3.03. The van der Waals surface area contributed by atoms with Crippen LogP contribution < -0.4 is 5.32 Å². The molecule has 0 radical (unpaired) electrons. The maximum atomic E-state index is 12.0. The molecule has 21 heavy (non-hydrogen) atoms. The van der Waals surface area contributed by atoms with Crippen LogP contribution in [0.25, 0.3) is 11.4 Å². The molecule has 3 heterocycles. The second-order valence-corrected chi connectivity index (χ2v) is 5.82. The molecule has 0 spiro atoms. The summed E-state index contributed by atoms with van der Waals surface area (Å²) in [5.41, 5.74) is 0.895. The summed E-state index contributed by atoms with van der Waals surface area (Å²) in [4.78, 5) is 22.1. The van der Waals surface area contributed by atoms with Gasteiger partial charge >= 0.3 is 6.03 Å². The van der Waals surface area contributed by atoms with Gasteiger partial charge in [0.05, 0.1) is 6.54 Å². The van der Waals surface area contributed by atoms with Gasteiger partial charge in [0.25, 0.3) is 0 Å². The highest BCUT2D eigenvalue weighted by molar-refractivity contribution is 7.99. The van der Waals surface area contributed by atoms with Crippen LogP contribution >= 0.6 is 11.8 Å². The number of carbonyl (C=O) groups excluding carboxylic acids is 1. The molecule has 1 fully saturated rings. The number of nitrogens with one attached hydrogen (secondary N) is 2. The lowest BCUT2D eigenvalue weighted by molar-refractivity contribution is 0.202. The van der Waals surface area contributed by atoms with Crippen molar-refractivity contribution >= 4 is 17.8 Å². The Bertz CT molecular complexity index is 596. The van der Waals surface area contributed by atoms with E-state index in [1.54, 1.807) is 12.4 Å². The van der Waals surface area contributed by atoms with Crippen LogP contribution in [0.15, 0.2) is 24.5 Å². The van der Waals surface area contributed by atoms with Gasteiger partial charge in [0.1, 0.15) is 5.82 Å². The van der Waals surface area contributed by atoms with Crippen molar-refractivity contribution in [2.45, 2.75) is 6.54 Å². The lowest BCUT2D eigenvalue weighted by Crippen LogP contribution is -2.44. The molecule has 8 heteroatoms. The van der Waals surface area contributed by atoms with Gasteiger partial charge in [-0.05, 0) is 12.1 Å². The predicted molar refractivity (Wildman–Crippen MR) is 80.7 cm³/mol. The molecule has 110 valence electrons. The Hall–Kier alpha value is -2.09. The number of H-pyrrole nitrogens is 1. The molecular weight excluding hydrogens is 288 g/mol. The lowest BCUT2D eigenvalue weighted by atomic mass is 10.2. The minimum Gasteiger partial charge on any atom is -0.331 e. The van der Waals surface area contributed by atoms with E-state index in [-0.39, 0.29) is 6.03 Å². The monoisotopic (exact) mass is 304 g/mol. The zero-order valence-corrected chi connectivity index (χ0v) is 12.3. The molecule has 0 saturated carbocycles. The van der Waals surface area contributed by atoms with Crippen molar-refractivity contribution in [1.29, 1.82) is 0 Å². The van der Waals surface area contributed by atoms with E-state index in [4.69, 9.17) is 0 Å². The molecule has 2 aromatic rings. The van der Waals surface area contributed by atoms with Gasteiger partial charge in [-0.1, -0.05) is 0 Å². The van der Waals surface area contributed by atoms with E-state index in [0.29, 0.717) is 18.2 Å². The van der Waals surface area contributed by atoms with Crippen molar-refractivity contribution < 1.29 is 4.79 Å². The zero-order valence-electron chi connectivity index (χ0n) is 11.5. The quantitative estimate of drug-likeness (QED) is 0.887. The maximum Gasteiger partial charge on any atom is 0.317 e. The fraction of sp³-hybridized carbons (Fsp3) is 0.385. The third-order valence-electron chi connectivity index (χ3n) is 3.18. The molecule has 7 nitrogen and oxygen atoms in total. The normalized spacial score (nSPS) is 15.0. The zero-order chi connectivity index (χ0) is 14.5. The molecule has 0 unspecified atom stereocenters. The summed E-state index contributed by atoms with van der Waals surface area (Å²) < 4.78 is 0. The van der Waals surface area contributed by atoms with E-state index in [0.717, 1.165) is 30.2 Å². The van der Waals surface area contributed by atoms with E-state index in [1.807, 2.05) is 28.8 Å². The molecule has 0 bridgehead atoms. The minimum atomic E-state index is -0.0443. The van der Waals surface area contributed by atoms with E-state index in [2.05, 4.69) is 25.5 Å². The lowest BCUT2D eigenvalue weighted by Gasteiger charge is -2.26. The van der Waals surface area contributed by atoms with Gasteiger partial charge in [0, 0.05) is 42.6 Å². The first kappa shape index (κ1) is 13.9. The van der Waals surface area contributed by atoms with Gasteiger partial charge in [-0.25, -0.2) is 9.78 Å². The predicted octanol–water partition coefficient (Wildman–Crippen LogP) is 1.13. The number of aromatic amines is 1. The van der Waals surface area contributed by atoms with Crippen LogP contribution in [0.5, 0.6) is 0 Å². The summed E-state index contributed by atoms with van der Waals surface area (Å²) in [5, 5.41) is 9.85. The summed E-state index contributed by atoms with van der Waals surface area (Å²) in [6.45, 7) is 1.95. The fourth-order valence-electron chi connectivity index (χ4n) is 2.04. The molecule has 3 rings (SSSR count). The Balaban J connectivity index is 1.56. The van der Waals surface area contributed by atoms with Crippen LogP contribution in [0, 0.1) is 0 Å². The van der Waals surface area contributed by atoms with Gasteiger partial charge in [-0.2, -0.15) is 16.9 Å². The van der Waals surface area contributed by atoms with E-state index in [9.17, 15) is 4.79 Å². The maximum absolute atomic E-state index is 12.0. The molecular formula is C13H16N6OS. The van der Waals surface area contributed by atoms with Crippen LogP contribution in [0.1, 0.15) is 5.82 Å². The standard InChI is InChI=1S/C13H16N6OS/c20-13(19-5-7-21-8-6-19)15-9-11-16-12(18-17-11)10-1-3-14-4-2-10/h1-4H,5-9H2,(H,15,20)(H,16,17,18). The number of aromatic nitrogens is 4. The number of rotatable bonds is 3. The van der Waals surface area contributed by atoms with Crippen molar-refractivity contribution in [3.8, 4) is 11.4 Å². The van der Waals surface area contributed by atoms with Crippen LogP contribution in [0.4, 0.5) is 4.79 Å². The van der Waals surface area contributed by atoms with Gasteiger partial charge in [0.2, 0.25) is 0 Å². The van der Waals surface area contributed by atoms with Gasteiger partial charge < -0.3 is 10.2 Å². The van der Waals surface area contributed by atoms with Crippen molar-refractivity contribution in [2.75, 3.05) is 24.6 Å². The first-order valence-electron chi connectivity index (χ1n) is 6.75. The molecule has 1 aliphatic heterocycles. The Labute approximate surface area is 126 Å².